The fourth-order valence-corrected chi connectivity index (χ4v) is 3.65. The third-order valence-corrected chi connectivity index (χ3v) is 4.83. The molecule has 4 rings (SSSR count). The van der Waals surface area contributed by atoms with Crippen molar-refractivity contribution in [3.8, 4) is 0 Å². The average molecular weight is 310 g/mol. The van der Waals surface area contributed by atoms with Gasteiger partial charge in [0.2, 0.25) is 0 Å². The van der Waals surface area contributed by atoms with Gasteiger partial charge in [-0.3, -0.25) is 9.98 Å². The predicted octanol–water partition coefficient (Wildman–Crippen LogP) is 2.22. The smallest absolute Gasteiger partial charge is 0.191 e. The molecule has 2 N–H and O–H groups in total. The van der Waals surface area contributed by atoms with Crippen LogP contribution in [-0.2, 0) is 11.3 Å². The van der Waals surface area contributed by atoms with E-state index in [1.807, 2.05) is 18.3 Å². The van der Waals surface area contributed by atoms with Crippen LogP contribution in [0.5, 0.6) is 0 Å². The molecule has 0 spiro atoms. The molecule has 1 aromatic carbocycles. The van der Waals surface area contributed by atoms with E-state index >= 15 is 0 Å². The van der Waals surface area contributed by atoms with Crippen LogP contribution >= 0.6 is 0 Å². The Hall–Kier alpha value is -2.14. The van der Waals surface area contributed by atoms with Gasteiger partial charge in [-0.2, -0.15) is 0 Å². The summed E-state index contributed by atoms with van der Waals surface area (Å²) in [5.41, 5.74) is 1.04. The number of pyridine rings is 1. The number of nitrogens with zero attached hydrogens (tertiary/aromatic N) is 2. The van der Waals surface area contributed by atoms with Gasteiger partial charge >= 0.3 is 0 Å². The second-order valence-corrected chi connectivity index (χ2v) is 6.26. The van der Waals surface area contributed by atoms with Crippen LogP contribution in [0.1, 0.15) is 25.0 Å². The van der Waals surface area contributed by atoms with Gasteiger partial charge in [0.15, 0.2) is 5.96 Å². The molecular weight excluding hydrogens is 288 g/mol. The van der Waals surface area contributed by atoms with Crippen molar-refractivity contribution in [3.05, 3.63) is 42.2 Å². The van der Waals surface area contributed by atoms with E-state index in [2.05, 4.69) is 38.8 Å². The molecule has 0 saturated carbocycles. The molecule has 2 aromatic rings. The fraction of sp³-hybridized carbons (Fsp3) is 0.444. The molecule has 2 aliphatic heterocycles. The summed E-state index contributed by atoms with van der Waals surface area (Å²) in [6, 6.07) is 10.7. The molecular formula is C18H22N4O. The maximum atomic E-state index is 5.89. The summed E-state index contributed by atoms with van der Waals surface area (Å²) in [5.74, 6) is 0.820. The first kappa shape index (κ1) is 14.5. The standard InChI is InChI=1S/C18H22N4O/c1-19-18(22-15-10-13-6-7-17(15)23-13)21-11-16-14-5-3-2-4-12(14)8-9-20-16/h2-5,8-9,13,15,17H,6-7,10-11H2,1H3,(H2,19,21,22). The summed E-state index contributed by atoms with van der Waals surface area (Å²) in [6.07, 6.45) is 6.08. The second-order valence-electron chi connectivity index (χ2n) is 6.26. The minimum atomic E-state index is 0.342. The molecule has 120 valence electrons. The quantitative estimate of drug-likeness (QED) is 0.674. The maximum Gasteiger partial charge on any atom is 0.191 e. The minimum absolute atomic E-state index is 0.342. The highest BCUT2D eigenvalue weighted by Gasteiger charge is 2.41. The first-order valence-corrected chi connectivity index (χ1v) is 8.29. The number of benzene rings is 1. The number of rotatable bonds is 3. The largest absolute Gasteiger partial charge is 0.373 e. The molecule has 3 atom stereocenters. The summed E-state index contributed by atoms with van der Waals surface area (Å²) in [4.78, 5) is 8.85. The van der Waals surface area contributed by atoms with Crippen LogP contribution in [0.25, 0.3) is 10.8 Å². The van der Waals surface area contributed by atoms with Crippen LogP contribution in [0, 0.1) is 0 Å². The Labute approximate surface area is 136 Å². The molecule has 1 aromatic heterocycles. The van der Waals surface area contributed by atoms with Crippen LogP contribution in [0.15, 0.2) is 41.5 Å². The van der Waals surface area contributed by atoms with Crippen LogP contribution in [0.2, 0.25) is 0 Å². The Bertz CT molecular complexity index is 725. The summed E-state index contributed by atoms with van der Waals surface area (Å²) < 4.78 is 5.89. The van der Waals surface area contributed by atoms with E-state index in [0.29, 0.717) is 24.8 Å². The Kier molecular flexibility index (Phi) is 3.87. The van der Waals surface area contributed by atoms with E-state index in [9.17, 15) is 0 Å². The Morgan fingerprint density at radius 3 is 3.00 bits per heavy atom. The van der Waals surface area contributed by atoms with Crippen molar-refractivity contribution in [1.82, 2.24) is 15.6 Å². The van der Waals surface area contributed by atoms with E-state index in [0.717, 1.165) is 24.5 Å². The monoisotopic (exact) mass is 310 g/mol. The van der Waals surface area contributed by atoms with Gasteiger partial charge in [0.25, 0.3) is 0 Å². The molecule has 3 unspecified atom stereocenters. The molecule has 2 fully saturated rings. The zero-order chi connectivity index (χ0) is 15.6. The fourth-order valence-electron chi connectivity index (χ4n) is 3.65. The number of guanidine groups is 1. The predicted molar refractivity (Wildman–Crippen MR) is 91.4 cm³/mol. The van der Waals surface area contributed by atoms with Gasteiger partial charge in [0.1, 0.15) is 0 Å². The molecule has 5 heteroatoms. The van der Waals surface area contributed by atoms with Gasteiger partial charge in [-0.25, -0.2) is 0 Å². The number of nitrogens with one attached hydrogen (secondary N) is 2. The van der Waals surface area contributed by atoms with Crippen molar-refractivity contribution in [2.45, 2.75) is 44.1 Å². The number of hydrogen-bond donors (Lipinski definition) is 2. The Balaban J connectivity index is 1.42. The van der Waals surface area contributed by atoms with Crippen molar-refractivity contribution in [1.29, 1.82) is 0 Å². The topological polar surface area (TPSA) is 58.5 Å². The highest BCUT2D eigenvalue weighted by Crippen LogP contribution is 2.34. The Morgan fingerprint density at radius 1 is 1.30 bits per heavy atom. The summed E-state index contributed by atoms with van der Waals surface area (Å²) in [6.45, 7) is 0.655. The molecule has 5 nitrogen and oxygen atoms in total. The second kappa shape index (κ2) is 6.16. The summed E-state index contributed by atoms with van der Waals surface area (Å²) in [5, 5.41) is 9.28. The normalized spacial score (nSPS) is 26.7. The van der Waals surface area contributed by atoms with Crippen molar-refractivity contribution >= 4 is 16.7 Å². The van der Waals surface area contributed by atoms with Crippen molar-refractivity contribution in [3.63, 3.8) is 0 Å². The number of aliphatic imine (C=N–C) groups is 1. The molecule has 23 heavy (non-hydrogen) atoms. The lowest BCUT2D eigenvalue weighted by Crippen LogP contribution is -2.47. The number of fused-ring (bicyclic) bond motifs is 3. The van der Waals surface area contributed by atoms with E-state index in [1.165, 1.54) is 17.2 Å². The minimum Gasteiger partial charge on any atom is -0.373 e. The number of ether oxygens (including phenoxy) is 1. The molecule has 0 radical (unpaired) electrons. The van der Waals surface area contributed by atoms with Crippen molar-refractivity contribution in [2.24, 2.45) is 4.99 Å². The third kappa shape index (κ3) is 2.88. The SMILES string of the molecule is CN=C(NCc1nccc2ccccc12)NC1CC2CCC1O2. The third-order valence-electron chi connectivity index (χ3n) is 4.83. The summed E-state index contributed by atoms with van der Waals surface area (Å²) >= 11 is 0. The first-order valence-electron chi connectivity index (χ1n) is 8.29. The van der Waals surface area contributed by atoms with Crippen LogP contribution in [-0.4, -0.2) is 36.2 Å². The first-order chi connectivity index (χ1) is 11.3. The van der Waals surface area contributed by atoms with Gasteiger partial charge < -0.3 is 15.4 Å². The van der Waals surface area contributed by atoms with E-state index in [1.54, 1.807) is 7.05 Å². The lowest BCUT2D eigenvalue weighted by Gasteiger charge is -2.22. The van der Waals surface area contributed by atoms with Gasteiger partial charge in [-0.1, -0.05) is 24.3 Å². The van der Waals surface area contributed by atoms with E-state index < -0.39 is 0 Å². The van der Waals surface area contributed by atoms with Crippen LogP contribution < -0.4 is 10.6 Å². The maximum absolute atomic E-state index is 5.89. The van der Waals surface area contributed by atoms with E-state index in [-0.39, 0.29) is 0 Å². The molecule has 2 aliphatic rings. The number of hydrogen-bond acceptors (Lipinski definition) is 3. The lowest BCUT2D eigenvalue weighted by atomic mass is 9.96. The van der Waals surface area contributed by atoms with Crippen molar-refractivity contribution in [2.75, 3.05) is 7.05 Å². The lowest BCUT2D eigenvalue weighted by molar-refractivity contribution is 0.0992. The zero-order valence-corrected chi connectivity index (χ0v) is 13.3. The molecule has 0 amide bonds. The molecule has 3 heterocycles. The van der Waals surface area contributed by atoms with Gasteiger partial charge in [0.05, 0.1) is 30.5 Å². The number of aromatic nitrogens is 1. The van der Waals surface area contributed by atoms with Gasteiger partial charge in [-0.05, 0) is 30.7 Å². The van der Waals surface area contributed by atoms with Gasteiger partial charge in [-0.15, -0.1) is 0 Å². The van der Waals surface area contributed by atoms with E-state index in [4.69, 9.17) is 4.74 Å². The molecule has 0 aliphatic carbocycles. The molecule has 2 saturated heterocycles. The van der Waals surface area contributed by atoms with Crippen LogP contribution in [0.3, 0.4) is 0 Å². The van der Waals surface area contributed by atoms with Gasteiger partial charge in [0, 0.05) is 18.6 Å². The zero-order valence-electron chi connectivity index (χ0n) is 13.3. The summed E-state index contributed by atoms with van der Waals surface area (Å²) in [7, 11) is 1.81. The van der Waals surface area contributed by atoms with Crippen LogP contribution in [0.4, 0.5) is 0 Å². The highest BCUT2D eigenvalue weighted by molar-refractivity contribution is 5.85. The highest BCUT2D eigenvalue weighted by atomic mass is 16.5. The average Bonchev–Trinajstić information content (AvgIpc) is 3.21. The molecule has 2 bridgehead atoms. The van der Waals surface area contributed by atoms with Crippen molar-refractivity contribution < 1.29 is 4.74 Å². The Morgan fingerprint density at radius 2 is 2.22 bits per heavy atom.